The molecule has 1 amide bonds. The van der Waals surface area contributed by atoms with Crippen LogP contribution in [-0.2, 0) is 14.3 Å². The molecule has 140 valence electrons. The maximum atomic E-state index is 12.4. The van der Waals surface area contributed by atoms with Crippen LogP contribution in [0, 0.1) is 5.41 Å². The van der Waals surface area contributed by atoms with Crippen LogP contribution >= 0.6 is 0 Å². The number of aliphatic hydroxyl groups is 2. The van der Waals surface area contributed by atoms with Crippen molar-refractivity contribution in [1.82, 2.24) is 4.90 Å². The van der Waals surface area contributed by atoms with Gasteiger partial charge in [-0.15, -0.1) is 0 Å². The SMILES string of the molecule is CCOC(=O)N1CCC=C2/C(=C/CO)[C@H](O)[C@@H](OC(=O)C(C)(C)C)[C@H]21. The standard InChI is InChI=1S/C18H27NO6/c1-5-24-17(23)19-9-6-7-11-12(8-10-20)14(21)15(13(11)19)25-16(22)18(2,3)4/h7-8,13-15,20-21H,5-6,9-10H2,1-4H3/b12-8-/t13-,14-,15-/m0/s1. The predicted molar refractivity (Wildman–Crippen MR) is 90.7 cm³/mol. The summed E-state index contributed by atoms with van der Waals surface area (Å²) in [6.45, 7) is 7.28. The van der Waals surface area contributed by atoms with Crippen molar-refractivity contribution < 1.29 is 29.3 Å². The van der Waals surface area contributed by atoms with Crippen molar-refractivity contribution in [2.24, 2.45) is 5.41 Å². The molecule has 0 radical (unpaired) electrons. The topological polar surface area (TPSA) is 96.3 Å². The van der Waals surface area contributed by atoms with Crippen LogP contribution in [0.5, 0.6) is 0 Å². The Morgan fingerprint density at radius 3 is 2.64 bits per heavy atom. The summed E-state index contributed by atoms with van der Waals surface area (Å²) in [6.07, 6.45) is 1.46. The zero-order valence-electron chi connectivity index (χ0n) is 15.2. The largest absolute Gasteiger partial charge is 0.456 e. The van der Waals surface area contributed by atoms with Gasteiger partial charge in [-0.25, -0.2) is 4.79 Å². The van der Waals surface area contributed by atoms with E-state index in [4.69, 9.17) is 9.47 Å². The van der Waals surface area contributed by atoms with E-state index in [0.29, 0.717) is 24.1 Å². The average molecular weight is 353 g/mol. The molecule has 1 aliphatic heterocycles. The molecule has 2 rings (SSSR count). The Kier molecular flexibility index (Phi) is 5.90. The smallest absolute Gasteiger partial charge is 0.410 e. The monoisotopic (exact) mass is 353 g/mol. The third-order valence-corrected chi connectivity index (χ3v) is 4.33. The van der Waals surface area contributed by atoms with Crippen LogP contribution in [0.1, 0.15) is 34.1 Å². The van der Waals surface area contributed by atoms with Crippen molar-refractivity contribution in [3.63, 3.8) is 0 Å². The molecule has 2 N–H and O–H groups in total. The molecule has 1 fully saturated rings. The van der Waals surface area contributed by atoms with E-state index < -0.39 is 35.7 Å². The number of rotatable bonds is 3. The molecule has 7 nitrogen and oxygen atoms in total. The highest BCUT2D eigenvalue weighted by Gasteiger charge is 2.51. The second-order valence-corrected chi connectivity index (χ2v) is 7.19. The fraction of sp³-hybridized carbons (Fsp3) is 0.667. The van der Waals surface area contributed by atoms with Crippen LogP contribution in [0.15, 0.2) is 23.3 Å². The van der Waals surface area contributed by atoms with Crippen molar-refractivity contribution in [2.45, 2.75) is 52.4 Å². The van der Waals surface area contributed by atoms with Gasteiger partial charge in [0, 0.05) is 6.54 Å². The molecule has 0 unspecified atom stereocenters. The minimum Gasteiger partial charge on any atom is -0.456 e. The normalized spacial score (nSPS) is 27.8. The quantitative estimate of drug-likeness (QED) is 0.745. The van der Waals surface area contributed by atoms with Crippen molar-refractivity contribution in [2.75, 3.05) is 19.8 Å². The van der Waals surface area contributed by atoms with Crippen LogP contribution in [0.2, 0.25) is 0 Å². The van der Waals surface area contributed by atoms with Crippen LogP contribution in [0.4, 0.5) is 4.79 Å². The minimum absolute atomic E-state index is 0.232. The maximum Gasteiger partial charge on any atom is 0.410 e. The number of carbonyl (C=O) groups is 2. The van der Waals surface area contributed by atoms with E-state index in [1.165, 1.54) is 11.0 Å². The zero-order valence-corrected chi connectivity index (χ0v) is 15.2. The van der Waals surface area contributed by atoms with Gasteiger partial charge in [0.15, 0.2) is 6.10 Å². The van der Waals surface area contributed by atoms with Gasteiger partial charge in [-0.2, -0.15) is 0 Å². The van der Waals surface area contributed by atoms with E-state index in [-0.39, 0.29) is 13.2 Å². The lowest BCUT2D eigenvalue weighted by atomic mass is 9.97. The summed E-state index contributed by atoms with van der Waals surface area (Å²) in [7, 11) is 0. The van der Waals surface area contributed by atoms with Crippen molar-refractivity contribution in [3.8, 4) is 0 Å². The number of fused-ring (bicyclic) bond motifs is 1. The first kappa shape index (κ1) is 19.5. The van der Waals surface area contributed by atoms with Gasteiger partial charge in [-0.1, -0.05) is 12.2 Å². The van der Waals surface area contributed by atoms with Gasteiger partial charge in [0.25, 0.3) is 0 Å². The Hall–Kier alpha value is -1.86. The molecule has 1 heterocycles. The summed E-state index contributed by atoms with van der Waals surface area (Å²) in [5, 5.41) is 19.9. The van der Waals surface area contributed by atoms with Crippen molar-refractivity contribution >= 4 is 12.1 Å². The third kappa shape index (κ3) is 3.88. The molecule has 2 aliphatic rings. The molecular weight excluding hydrogens is 326 g/mol. The van der Waals surface area contributed by atoms with E-state index in [0.717, 1.165) is 0 Å². The molecule has 25 heavy (non-hydrogen) atoms. The number of carbonyl (C=O) groups excluding carboxylic acids is 2. The molecule has 0 aromatic rings. The van der Waals surface area contributed by atoms with Gasteiger partial charge < -0.3 is 19.7 Å². The van der Waals surface area contributed by atoms with Gasteiger partial charge in [-0.05, 0) is 45.3 Å². The average Bonchev–Trinajstić information content (AvgIpc) is 2.80. The minimum atomic E-state index is -1.11. The number of aliphatic hydroxyl groups excluding tert-OH is 2. The Balaban J connectivity index is 2.39. The van der Waals surface area contributed by atoms with E-state index >= 15 is 0 Å². The van der Waals surface area contributed by atoms with Gasteiger partial charge in [-0.3, -0.25) is 9.69 Å². The van der Waals surface area contributed by atoms with Crippen molar-refractivity contribution in [3.05, 3.63) is 23.3 Å². The molecule has 0 bridgehead atoms. The zero-order chi connectivity index (χ0) is 18.8. The molecule has 1 aliphatic carbocycles. The highest BCUT2D eigenvalue weighted by atomic mass is 16.6. The third-order valence-electron chi connectivity index (χ3n) is 4.33. The van der Waals surface area contributed by atoms with Crippen LogP contribution in [-0.4, -0.2) is 65.2 Å². The fourth-order valence-corrected chi connectivity index (χ4v) is 3.13. The van der Waals surface area contributed by atoms with Crippen LogP contribution in [0.3, 0.4) is 0 Å². The summed E-state index contributed by atoms with van der Waals surface area (Å²) in [5.41, 5.74) is 0.456. The lowest BCUT2D eigenvalue weighted by molar-refractivity contribution is -0.165. The molecule has 0 aromatic carbocycles. The van der Waals surface area contributed by atoms with Gasteiger partial charge >= 0.3 is 12.1 Å². The predicted octanol–water partition coefficient (Wildman–Crippen LogP) is 1.39. The summed E-state index contributed by atoms with van der Waals surface area (Å²) >= 11 is 0. The number of hydrogen-bond donors (Lipinski definition) is 2. The molecule has 0 aromatic heterocycles. The van der Waals surface area contributed by atoms with Crippen LogP contribution < -0.4 is 0 Å². The van der Waals surface area contributed by atoms with E-state index in [9.17, 15) is 19.8 Å². The first-order valence-electron chi connectivity index (χ1n) is 8.56. The molecule has 7 heteroatoms. The molecule has 3 atom stereocenters. The molecular formula is C18H27NO6. The number of nitrogens with zero attached hydrogens (tertiary/aromatic N) is 1. The Bertz CT molecular complexity index is 589. The maximum absolute atomic E-state index is 12.4. The highest BCUT2D eigenvalue weighted by Crippen LogP contribution is 2.40. The highest BCUT2D eigenvalue weighted by molar-refractivity contribution is 5.76. The molecule has 0 spiro atoms. The number of esters is 1. The van der Waals surface area contributed by atoms with Crippen molar-refractivity contribution in [1.29, 1.82) is 0 Å². The Morgan fingerprint density at radius 1 is 1.40 bits per heavy atom. The van der Waals surface area contributed by atoms with Gasteiger partial charge in [0.2, 0.25) is 0 Å². The Labute approximate surface area is 147 Å². The Morgan fingerprint density at radius 2 is 2.08 bits per heavy atom. The van der Waals surface area contributed by atoms with E-state index in [1.54, 1.807) is 27.7 Å². The fourth-order valence-electron chi connectivity index (χ4n) is 3.13. The summed E-state index contributed by atoms with van der Waals surface area (Å²) < 4.78 is 10.7. The molecule has 1 saturated carbocycles. The second kappa shape index (κ2) is 7.58. The lowest BCUT2D eigenvalue weighted by Gasteiger charge is -2.35. The summed E-state index contributed by atoms with van der Waals surface area (Å²) in [6, 6.07) is -0.619. The first-order chi connectivity index (χ1) is 11.7. The first-order valence-corrected chi connectivity index (χ1v) is 8.56. The molecule has 0 saturated heterocycles. The van der Waals surface area contributed by atoms with Gasteiger partial charge in [0.1, 0.15) is 12.1 Å². The number of hydrogen-bond acceptors (Lipinski definition) is 6. The second-order valence-electron chi connectivity index (χ2n) is 7.19. The number of ether oxygens (including phenoxy) is 2. The van der Waals surface area contributed by atoms with E-state index in [2.05, 4.69) is 0 Å². The van der Waals surface area contributed by atoms with Crippen LogP contribution in [0.25, 0.3) is 0 Å². The van der Waals surface area contributed by atoms with E-state index in [1.807, 2.05) is 6.08 Å². The summed E-state index contributed by atoms with van der Waals surface area (Å²) in [4.78, 5) is 26.2. The van der Waals surface area contributed by atoms with Gasteiger partial charge in [0.05, 0.1) is 18.6 Å². The summed E-state index contributed by atoms with van der Waals surface area (Å²) in [5.74, 6) is -0.462. The number of amides is 1. The lowest BCUT2D eigenvalue weighted by Crippen LogP contribution is -2.51.